The first-order chi connectivity index (χ1) is 47.9. The molecule has 0 bridgehead atoms. The minimum Gasteiger partial charge on any atom is -0.481 e. The summed E-state index contributed by atoms with van der Waals surface area (Å²) >= 11 is 1.86. The number of fused-ring (bicyclic) bond motifs is 1. The number of pyridine rings is 1. The predicted octanol–water partition coefficient (Wildman–Crippen LogP) is 5.19. The monoisotopic (exact) mass is 1620 g/mol. The number of halogens is 7. The molecular formula is C60H56F6IN14NaO18S3. The van der Waals surface area contributed by atoms with Gasteiger partial charge >= 0.3 is 59.9 Å². The molecule has 2 amide bonds. The first-order valence-electron chi connectivity index (χ1n) is 28.5. The first-order valence-corrected chi connectivity index (χ1v) is 34.4. The molecule has 0 atom stereocenters. The maximum Gasteiger partial charge on any atom is 1.00 e. The van der Waals surface area contributed by atoms with Gasteiger partial charge in [0.2, 0.25) is 33.4 Å². The maximum atomic E-state index is 13.3. The molecule has 0 saturated heterocycles. The topological polar surface area (TPSA) is 418 Å². The largest absolute Gasteiger partial charge is 1.00 e. The zero-order valence-electron chi connectivity index (χ0n) is 55.5. The number of nitrogens with zero attached hydrogens (tertiary/aromatic N) is 11. The number of hydrogen-bond donors (Lipinski definition) is 3. The van der Waals surface area contributed by atoms with Crippen LogP contribution in [0.25, 0.3) is 10.5 Å². The molecule has 6 heterocycles. The number of sulfone groups is 1. The van der Waals surface area contributed by atoms with Gasteiger partial charge in [0.1, 0.15) is 11.4 Å². The SMILES string of the molecule is CCOC(=O)C1=NOC(c2ccccc2)(c2ccccc2)C1.COC(=O)c1ccc(I)cc1S(=O)(=O)[N-]C(=O)Nc1nc(C)nc(OC)n1.COc1cc(OC)n2nc(NS(=O)(=O)c3c(C(F)(F)F)ccnc3OC)nc2n1.Cc1[nH]n(C)c(=O)c1C(=O)c1ccc(C(F)(F)F)cc1S(C)(=O)=O.[Na+]. The van der Waals surface area contributed by atoms with Crippen LogP contribution in [-0.2, 0) is 74.0 Å². The zero-order valence-corrected chi connectivity index (χ0v) is 62.1. The summed E-state index contributed by atoms with van der Waals surface area (Å²) in [6.07, 6.45) is -7.90. The molecule has 103 heavy (non-hydrogen) atoms. The smallest absolute Gasteiger partial charge is 0.481 e. The van der Waals surface area contributed by atoms with Crippen LogP contribution in [-0.4, -0.2) is 152 Å². The number of ketones is 1. The molecular weight excluding hydrogens is 1560 g/mol. The number of amides is 2. The number of aryl methyl sites for hydroxylation is 3. The average Bonchev–Trinajstić information content (AvgIpc) is 1.64. The van der Waals surface area contributed by atoms with Gasteiger partial charge in [0.05, 0.1) is 81.1 Å². The van der Waals surface area contributed by atoms with E-state index >= 15 is 0 Å². The second-order valence-electron chi connectivity index (χ2n) is 20.5. The molecule has 10 rings (SSSR count). The van der Waals surface area contributed by atoms with E-state index < -0.39 is 120 Å². The van der Waals surface area contributed by atoms with Crippen LogP contribution in [0.1, 0.15) is 73.4 Å². The molecule has 542 valence electrons. The second kappa shape index (κ2) is 33.9. The third-order valence-corrected chi connectivity index (χ3v) is 18.1. The van der Waals surface area contributed by atoms with E-state index in [0.717, 1.165) is 46.8 Å². The van der Waals surface area contributed by atoms with Crippen LogP contribution < -0.4 is 64.1 Å². The number of H-pyrrole nitrogens is 1. The predicted molar refractivity (Wildman–Crippen MR) is 354 cm³/mol. The summed E-state index contributed by atoms with van der Waals surface area (Å²) < 4.78 is 189. The fraction of sp³-hybridized carbons (Fsp3) is 0.250. The van der Waals surface area contributed by atoms with Crippen LogP contribution in [0.4, 0.5) is 43.0 Å². The molecule has 0 aliphatic carbocycles. The van der Waals surface area contributed by atoms with Gasteiger partial charge in [-0.25, -0.2) is 49.5 Å². The molecule has 9 aromatic rings. The molecule has 0 radical (unpaired) electrons. The normalized spacial score (nSPS) is 12.5. The number of methoxy groups -OCH3 is 5. The van der Waals surface area contributed by atoms with E-state index in [0.29, 0.717) is 46.8 Å². The summed E-state index contributed by atoms with van der Waals surface area (Å²) in [6.45, 7) is 5.05. The van der Waals surface area contributed by atoms with Gasteiger partial charge in [-0.05, 0) is 85.8 Å². The van der Waals surface area contributed by atoms with E-state index in [9.17, 15) is 75.6 Å². The zero-order chi connectivity index (χ0) is 75.5. The van der Waals surface area contributed by atoms with E-state index in [1.165, 1.54) is 66.5 Å². The Morgan fingerprint density at radius 3 is 1.90 bits per heavy atom. The molecule has 0 spiro atoms. The minimum absolute atomic E-state index is 0. The maximum absolute atomic E-state index is 13.3. The number of hydrogen-bond acceptors (Lipinski definition) is 26. The van der Waals surface area contributed by atoms with Gasteiger partial charge in [-0.2, -0.15) is 50.8 Å². The number of carbonyl (C=O) groups excluding carboxylic acids is 4. The minimum atomic E-state index is -4.98. The molecule has 32 nitrogen and oxygen atoms in total. The fourth-order valence-corrected chi connectivity index (χ4v) is 13.1. The third kappa shape index (κ3) is 19.8. The van der Waals surface area contributed by atoms with Crippen molar-refractivity contribution in [1.82, 2.24) is 49.3 Å². The van der Waals surface area contributed by atoms with E-state index in [2.05, 4.69) is 60.0 Å². The number of oxime groups is 1. The van der Waals surface area contributed by atoms with Crippen molar-refractivity contribution in [2.45, 2.75) is 59.8 Å². The molecule has 0 fully saturated rings. The molecule has 4 aromatic carbocycles. The number of aromatic nitrogens is 10. The van der Waals surface area contributed by atoms with Crippen molar-refractivity contribution in [2.75, 3.05) is 58.5 Å². The van der Waals surface area contributed by atoms with E-state index in [1.54, 1.807) is 6.92 Å². The quantitative estimate of drug-likeness (QED) is 0.0327. The number of nitrogens with one attached hydrogen (secondary N) is 3. The molecule has 43 heteroatoms. The van der Waals surface area contributed by atoms with Gasteiger partial charge in [0.15, 0.2) is 38.0 Å². The number of ether oxygens (including phenoxy) is 6. The molecule has 1 aliphatic rings. The van der Waals surface area contributed by atoms with Crippen molar-refractivity contribution in [3.8, 4) is 23.7 Å². The number of carbonyl (C=O) groups is 4. The summed E-state index contributed by atoms with van der Waals surface area (Å²) in [4.78, 5) is 86.4. The summed E-state index contributed by atoms with van der Waals surface area (Å²) in [6, 6.07) is 26.0. The van der Waals surface area contributed by atoms with E-state index in [4.69, 9.17) is 28.5 Å². The van der Waals surface area contributed by atoms with E-state index in [1.807, 2.05) is 88.0 Å². The van der Waals surface area contributed by atoms with Gasteiger partial charge in [0, 0.05) is 45.5 Å². The number of sulfonamides is 2. The summed E-state index contributed by atoms with van der Waals surface area (Å²) in [5, 5.41) is 12.5. The number of rotatable bonds is 18. The summed E-state index contributed by atoms with van der Waals surface area (Å²) in [7, 11) is -6.05. The van der Waals surface area contributed by atoms with Crippen molar-refractivity contribution in [3.63, 3.8) is 0 Å². The second-order valence-corrected chi connectivity index (χ2v) is 26.9. The van der Waals surface area contributed by atoms with Crippen molar-refractivity contribution < 1.29 is 134 Å². The number of benzene rings is 4. The number of alkyl halides is 6. The molecule has 0 saturated carbocycles. The Morgan fingerprint density at radius 1 is 0.738 bits per heavy atom. The molecule has 1 aliphatic heterocycles. The van der Waals surface area contributed by atoms with Gasteiger partial charge in [-0.3, -0.25) is 24.2 Å². The Kier molecular flexibility index (Phi) is 27.0. The standard InChI is InChI=1S/C18H17NO3.C14H13F3N6O5S.C14H13F3N2O4S.C14H14IN5O6S.Na/c1-2-21-17(20)16-13-18(22-19-16,14-9-5-3-6-10-14)15-11-7-4-8-12-15;1-26-8-6-9(27-2)23-13(19-8)20-12(21-23)22-29(24,25)10-7(14(15,16)17)4-5-18-11(10)28-3;1-7-11(13(21)19(2)18-7)12(20)9-5-4-8(14(15,16)17)6-10(9)24(3,22)23;1-7-16-12(19-14(17-7)26-3)18-13(22)20-27(23,24)10-6-8(15)4-5-9(10)11(21)25-2;/h3-12H,2,13H2,1H3;4-6H,1-3H3,(H,21,22);4-6,18H,1-3H3;4-6H,1-3H3,(H2,16,17,18,19,20,22);/q;;;;+1/p-1. The van der Waals surface area contributed by atoms with Gasteiger partial charge in [-0.15, -0.1) is 5.10 Å². The number of aromatic amines is 1. The van der Waals surface area contributed by atoms with Crippen LogP contribution in [0, 0.1) is 17.4 Å². The Balaban J connectivity index is 0.000000216. The van der Waals surface area contributed by atoms with Crippen molar-refractivity contribution in [3.05, 3.63) is 185 Å². The molecule has 0 unspecified atom stereocenters. The van der Waals surface area contributed by atoms with Crippen LogP contribution in [0.5, 0.6) is 23.7 Å². The first kappa shape index (κ1) is 82.1. The van der Waals surface area contributed by atoms with Crippen molar-refractivity contribution >= 4 is 99.6 Å². The number of urea groups is 1. The number of esters is 2. The van der Waals surface area contributed by atoms with Gasteiger partial charge in [0.25, 0.3) is 27.3 Å². The fourth-order valence-electron chi connectivity index (χ4n) is 9.14. The van der Waals surface area contributed by atoms with Gasteiger partial charge in [-0.1, -0.05) is 65.8 Å². The van der Waals surface area contributed by atoms with Crippen LogP contribution in [0.15, 0.2) is 140 Å². The Bertz CT molecular complexity index is 5060. The Hall–Kier alpha value is -9.89. The third-order valence-electron chi connectivity index (χ3n) is 13.6. The molecule has 3 N–H and O–H groups in total. The summed E-state index contributed by atoms with van der Waals surface area (Å²) in [5.41, 5.74) is -2.74. The Labute approximate surface area is 616 Å². The van der Waals surface area contributed by atoms with Crippen molar-refractivity contribution in [1.29, 1.82) is 0 Å². The van der Waals surface area contributed by atoms with Crippen LogP contribution in [0.2, 0.25) is 0 Å². The average molecular weight is 1620 g/mol. The molecule has 5 aromatic heterocycles. The summed E-state index contributed by atoms with van der Waals surface area (Å²) in [5.74, 6) is -3.46. The number of anilines is 2. The van der Waals surface area contributed by atoms with Gasteiger partial charge < -0.3 is 43.3 Å². The van der Waals surface area contributed by atoms with E-state index in [-0.39, 0.29) is 81.7 Å². The van der Waals surface area contributed by atoms with Crippen LogP contribution >= 0.6 is 22.6 Å². The Morgan fingerprint density at radius 2 is 1.37 bits per heavy atom. The van der Waals surface area contributed by atoms with Crippen LogP contribution in [0.3, 0.4) is 0 Å². The van der Waals surface area contributed by atoms with Crippen molar-refractivity contribution in [2.24, 2.45) is 12.2 Å².